The van der Waals surface area contributed by atoms with Crippen LogP contribution in [0.5, 0.6) is 11.5 Å². The number of hydrogen-bond donors (Lipinski definition) is 0. The van der Waals surface area contributed by atoms with Crippen molar-refractivity contribution in [2.45, 2.75) is 19.8 Å². The van der Waals surface area contributed by atoms with Crippen molar-refractivity contribution < 1.29 is 4.74 Å². The van der Waals surface area contributed by atoms with Crippen molar-refractivity contribution >= 4 is 63.7 Å². The third kappa shape index (κ3) is 2.13. The van der Waals surface area contributed by atoms with E-state index >= 15 is 0 Å². The summed E-state index contributed by atoms with van der Waals surface area (Å²) < 4.78 is 10.2. The van der Waals surface area contributed by atoms with E-state index < -0.39 is 0 Å². The van der Waals surface area contributed by atoms with Crippen LogP contribution in [0.4, 0.5) is 0 Å². The predicted molar refractivity (Wildman–Crippen MR) is 96.0 cm³/mol. The Hall–Kier alpha value is 0.160. The molecular formula is C15H10Br4O. The molecule has 1 atom stereocenters. The van der Waals surface area contributed by atoms with Crippen LogP contribution in [0.15, 0.2) is 36.1 Å². The molecule has 0 aromatic heterocycles. The Labute approximate surface area is 151 Å². The van der Waals surface area contributed by atoms with Crippen molar-refractivity contribution in [2.75, 3.05) is 0 Å². The second-order valence-corrected chi connectivity index (χ2v) is 8.03. The zero-order valence-electron chi connectivity index (χ0n) is 10.7. The highest BCUT2D eigenvalue weighted by Gasteiger charge is 2.31. The summed E-state index contributed by atoms with van der Waals surface area (Å²) in [6, 6.07) is 6.17. The molecule has 0 N–H and O–H groups in total. The molecule has 20 heavy (non-hydrogen) atoms. The molecule has 0 saturated carbocycles. The van der Waals surface area contributed by atoms with Crippen molar-refractivity contribution in [3.8, 4) is 11.5 Å². The molecule has 104 valence electrons. The number of rotatable bonds is 0. The summed E-state index contributed by atoms with van der Waals surface area (Å²) in [5.41, 5.74) is 3.63. The van der Waals surface area contributed by atoms with E-state index in [1.807, 2.05) is 12.1 Å². The van der Waals surface area contributed by atoms with Crippen LogP contribution in [0.2, 0.25) is 0 Å². The fourth-order valence-electron chi connectivity index (χ4n) is 2.62. The van der Waals surface area contributed by atoms with Gasteiger partial charge in [-0.15, -0.1) is 0 Å². The van der Waals surface area contributed by atoms with Gasteiger partial charge in [0.25, 0.3) is 0 Å². The van der Waals surface area contributed by atoms with Gasteiger partial charge in [-0.1, -0.05) is 19.1 Å². The second-order valence-electron chi connectivity index (χ2n) is 4.79. The molecule has 5 heteroatoms. The summed E-state index contributed by atoms with van der Waals surface area (Å²) in [7, 11) is 0. The van der Waals surface area contributed by atoms with Gasteiger partial charge in [0.15, 0.2) is 0 Å². The monoisotopic (exact) mass is 522 g/mol. The van der Waals surface area contributed by atoms with Crippen LogP contribution in [0.25, 0.3) is 0 Å². The molecule has 1 unspecified atom stereocenters. The van der Waals surface area contributed by atoms with Gasteiger partial charge in [-0.2, -0.15) is 0 Å². The maximum absolute atomic E-state index is 6.18. The minimum Gasteiger partial charge on any atom is -0.454 e. The average Bonchev–Trinajstić information content (AvgIpc) is 2.43. The van der Waals surface area contributed by atoms with Crippen molar-refractivity contribution in [1.82, 2.24) is 0 Å². The molecular weight excluding hydrogens is 516 g/mol. The van der Waals surface area contributed by atoms with Gasteiger partial charge in [0.2, 0.25) is 0 Å². The number of fused-ring (bicyclic) bond motifs is 2. The van der Waals surface area contributed by atoms with Crippen LogP contribution in [0, 0.1) is 6.92 Å². The largest absolute Gasteiger partial charge is 0.454 e. The smallest absolute Gasteiger partial charge is 0.146 e. The highest BCUT2D eigenvalue weighted by Crippen LogP contribution is 2.54. The quantitative estimate of drug-likeness (QED) is 0.328. The lowest BCUT2D eigenvalue weighted by molar-refractivity contribution is 0.442. The van der Waals surface area contributed by atoms with Crippen molar-refractivity contribution in [3.63, 3.8) is 0 Å². The van der Waals surface area contributed by atoms with Crippen LogP contribution in [-0.4, -0.2) is 0 Å². The van der Waals surface area contributed by atoms with Crippen LogP contribution in [0.1, 0.15) is 29.5 Å². The van der Waals surface area contributed by atoms with Gasteiger partial charge in [0.05, 0.1) is 8.95 Å². The Balaban J connectivity index is 2.34. The molecule has 0 aliphatic carbocycles. The van der Waals surface area contributed by atoms with Gasteiger partial charge in [-0.3, -0.25) is 0 Å². The maximum Gasteiger partial charge on any atom is 0.146 e. The third-order valence-corrected chi connectivity index (χ3v) is 7.89. The van der Waals surface area contributed by atoms with E-state index in [4.69, 9.17) is 4.74 Å². The minimum atomic E-state index is 0.284. The fraction of sp³-hybridized carbons (Fsp3) is 0.200. The van der Waals surface area contributed by atoms with Gasteiger partial charge in [-0.05, 0) is 82.3 Å². The van der Waals surface area contributed by atoms with Crippen LogP contribution in [-0.2, 0) is 0 Å². The lowest BCUT2D eigenvalue weighted by Gasteiger charge is -2.30. The van der Waals surface area contributed by atoms with Gasteiger partial charge in [0, 0.05) is 26.0 Å². The molecule has 0 fully saturated rings. The Morgan fingerprint density at radius 1 is 0.950 bits per heavy atom. The molecule has 1 nitrogen and oxygen atoms in total. The van der Waals surface area contributed by atoms with Crippen molar-refractivity contribution in [1.29, 1.82) is 0 Å². The molecule has 0 saturated heterocycles. The van der Waals surface area contributed by atoms with Crippen molar-refractivity contribution in [2.24, 2.45) is 0 Å². The second kappa shape index (κ2) is 5.41. The van der Waals surface area contributed by atoms with Gasteiger partial charge < -0.3 is 4.74 Å². The van der Waals surface area contributed by atoms with E-state index in [0.717, 1.165) is 29.4 Å². The highest BCUT2D eigenvalue weighted by molar-refractivity contribution is 9.14. The van der Waals surface area contributed by atoms with Crippen LogP contribution >= 0.6 is 63.7 Å². The SMILES string of the molecule is Cc1c(Br)c(Br)c(Br)c2c1C(C)c1cccc(Br)c1O2. The Morgan fingerprint density at radius 2 is 1.65 bits per heavy atom. The van der Waals surface area contributed by atoms with Crippen molar-refractivity contribution in [3.05, 3.63) is 52.8 Å². The summed E-state index contributed by atoms with van der Waals surface area (Å²) in [6.07, 6.45) is 0. The standard InChI is InChI=1S/C15H10Br4O/c1-6-8-4-3-5-9(16)14(8)20-15-10(6)7(2)11(17)12(18)13(15)19/h3-6H,1-2H3. The fourth-order valence-corrected chi connectivity index (χ4v) is 4.73. The topological polar surface area (TPSA) is 9.23 Å². The number of para-hydroxylation sites is 1. The van der Waals surface area contributed by atoms with Gasteiger partial charge >= 0.3 is 0 Å². The Morgan fingerprint density at radius 3 is 2.35 bits per heavy atom. The lowest BCUT2D eigenvalue weighted by Crippen LogP contribution is -2.11. The molecule has 0 bridgehead atoms. The molecule has 3 rings (SSSR count). The molecule has 1 aliphatic heterocycles. The maximum atomic E-state index is 6.18. The first kappa shape index (κ1) is 15.1. The first-order valence-corrected chi connectivity index (χ1v) is 9.23. The lowest BCUT2D eigenvalue weighted by atomic mass is 9.87. The molecule has 0 spiro atoms. The van der Waals surface area contributed by atoms with E-state index in [1.165, 1.54) is 16.7 Å². The molecule has 1 aliphatic rings. The molecule has 2 aromatic carbocycles. The van der Waals surface area contributed by atoms with E-state index in [9.17, 15) is 0 Å². The van der Waals surface area contributed by atoms with Gasteiger partial charge in [0.1, 0.15) is 11.5 Å². The summed E-state index contributed by atoms with van der Waals surface area (Å²) in [5.74, 6) is 2.08. The predicted octanol–water partition coefficient (Wildman–Crippen LogP) is 7.30. The number of hydrogen-bond acceptors (Lipinski definition) is 1. The van der Waals surface area contributed by atoms with Gasteiger partial charge in [-0.25, -0.2) is 0 Å². The number of ether oxygens (including phenoxy) is 1. The van der Waals surface area contributed by atoms with E-state index in [0.29, 0.717) is 0 Å². The third-order valence-electron chi connectivity index (χ3n) is 3.66. The summed E-state index contributed by atoms with van der Waals surface area (Å²) >= 11 is 14.5. The number of benzene rings is 2. The Kier molecular flexibility index (Phi) is 4.08. The first-order valence-electron chi connectivity index (χ1n) is 6.06. The molecule has 2 aromatic rings. The summed E-state index contributed by atoms with van der Waals surface area (Å²) in [5, 5.41) is 0. The van der Waals surface area contributed by atoms with E-state index in [2.05, 4.69) is 83.6 Å². The summed E-state index contributed by atoms with van der Waals surface area (Å²) in [4.78, 5) is 0. The minimum absolute atomic E-state index is 0.284. The molecule has 1 heterocycles. The molecule has 0 radical (unpaired) electrons. The zero-order chi connectivity index (χ0) is 14.6. The average molecular weight is 526 g/mol. The van der Waals surface area contributed by atoms with E-state index in [1.54, 1.807) is 0 Å². The summed E-state index contributed by atoms with van der Waals surface area (Å²) in [6.45, 7) is 4.33. The first-order chi connectivity index (χ1) is 9.43. The Bertz CT molecular complexity index is 725. The van der Waals surface area contributed by atoms with Crippen LogP contribution < -0.4 is 4.74 Å². The normalized spacial score (nSPS) is 16.4. The molecule has 0 amide bonds. The van der Waals surface area contributed by atoms with E-state index in [-0.39, 0.29) is 5.92 Å². The zero-order valence-corrected chi connectivity index (χ0v) is 17.1. The number of halogens is 4. The van der Waals surface area contributed by atoms with Crippen LogP contribution in [0.3, 0.4) is 0 Å². The highest BCUT2D eigenvalue weighted by atomic mass is 79.9.